The van der Waals surface area contributed by atoms with Crippen LogP contribution in [0.3, 0.4) is 0 Å². The summed E-state index contributed by atoms with van der Waals surface area (Å²) in [5.74, 6) is 0.401. The number of para-hydroxylation sites is 1. The molecular formula is C22H22FNO2. The van der Waals surface area contributed by atoms with Crippen LogP contribution in [0, 0.1) is 5.82 Å². The van der Waals surface area contributed by atoms with E-state index in [2.05, 4.69) is 5.32 Å². The average Bonchev–Trinajstić information content (AvgIpc) is 2.68. The van der Waals surface area contributed by atoms with E-state index in [0.29, 0.717) is 18.7 Å². The fourth-order valence-electron chi connectivity index (χ4n) is 2.72. The molecule has 26 heavy (non-hydrogen) atoms. The highest BCUT2D eigenvalue weighted by Crippen LogP contribution is 2.20. The fourth-order valence-corrected chi connectivity index (χ4v) is 2.72. The lowest BCUT2D eigenvalue weighted by molar-refractivity contribution is 0.169. The van der Waals surface area contributed by atoms with Crippen molar-refractivity contribution < 1.29 is 14.2 Å². The molecule has 134 valence electrons. The summed E-state index contributed by atoms with van der Waals surface area (Å²) in [7, 11) is 0. The zero-order chi connectivity index (χ0) is 18.2. The number of hydrogen-bond acceptors (Lipinski definition) is 3. The maximum atomic E-state index is 13.7. The second-order valence-corrected chi connectivity index (χ2v) is 6.05. The van der Waals surface area contributed by atoms with E-state index in [1.165, 1.54) is 6.07 Å². The first-order valence-corrected chi connectivity index (χ1v) is 8.62. The third kappa shape index (κ3) is 4.91. The fraction of sp³-hybridized carbons (Fsp3) is 0.182. The highest BCUT2D eigenvalue weighted by Gasteiger charge is 2.12. The number of benzene rings is 3. The molecule has 0 radical (unpaired) electrons. The summed E-state index contributed by atoms with van der Waals surface area (Å²) < 4.78 is 19.6. The van der Waals surface area contributed by atoms with Crippen molar-refractivity contribution in [2.75, 3.05) is 6.54 Å². The minimum absolute atomic E-state index is 0.258. The van der Waals surface area contributed by atoms with Crippen LogP contribution in [0.15, 0.2) is 78.9 Å². The van der Waals surface area contributed by atoms with Crippen LogP contribution in [-0.2, 0) is 13.2 Å². The standard InChI is InChI=1S/C22H22FNO2/c23-20-12-6-5-11-19(20)21(25)15-24-14-18-10-4-7-13-22(18)26-16-17-8-2-1-3-9-17/h1-13,21,24-25H,14-16H2. The molecule has 4 heteroatoms. The maximum Gasteiger partial charge on any atom is 0.129 e. The highest BCUT2D eigenvalue weighted by molar-refractivity contribution is 5.33. The third-order valence-electron chi connectivity index (χ3n) is 4.13. The van der Waals surface area contributed by atoms with Gasteiger partial charge in [0.15, 0.2) is 0 Å². The van der Waals surface area contributed by atoms with Gasteiger partial charge in [0, 0.05) is 24.2 Å². The predicted octanol–water partition coefficient (Wildman–Crippen LogP) is 4.23. The van der Waals surface area contributed by atoms with Gasteiger partial charge in [-0.3, -0.25) is 0 Å². The molecule has 2 N–H and O–H groups in total. The second-order valence-electron chi connectivity index (χ2n) is 6.05. The monoisotopic (exact) mass is 351 g/mol. The Labute approximate surface area is 153 Å². The quantitative estimate of drug-likeness (QED) is 0.638. The predicted molar refractivity (Wildman–Crippen MR) is 100 cm³/mol. The van der Waals surface area contributed by atoms with Gasteiger partial charge in [0.2, 0.25) is 0 Å². The third-order valence-corrected chi connectivity index (χ3v) is 4.13. The largest absolute Gasteiger partial charge is 0.489 e. The average molecular weight is 351 g/mol. The van der Waals surface area contributed by atoms with Gasteiger partial charge in [-0.1, -0.05) is 66.7 Å². The van der Waals surface area contributed by atoms with Crippen molar-refractivity contribution in [1.29, 1.82) is 0 Å². The minimum Gasteiger partial charge on any atom is -0.489 e. The molecule has 3 aromatic rings. The van der Waals surface area contributed by atoms with E-state index in [1.54, 1.807) is 18.2 Å². The van der Waals surface area contributed by atoms with Crippen LogP contribution >= 0.6 is 0 Å². The van der Waals surface area contributed by atoms with E-state index in [9.17, 15) is 9.50 Å². The molecule has 0 aromatic heterocycles. The Bertz CT molecular complexity index is 823. The van der Waals surface area contributed by atoms with Crippen molar-refractivity contribution in [3.63, 3.8) is 0 Å². The first-order valence-electron chi connectivity index (χ1n) is 8.62. The maximum absolute atomic E-state index is 13.7. The van der Waals surface area contributed by atoms with E-state index in [4.69, 9.17) is 4.74 Å². The molecule has 3 nitrogen and oxygen atoms in total. The van der Waals surface area contributed by atoms with Gasteiger partial charge in [-0.15, -0.1) is 0 Å². The van der Waals surface area contributed by atoms with Crippen molar-refractivity contribution in [3.8, 4) is 5.75 Å². The molecule has 3 rings (SSSR count). The first kappa shape index (κ1) is 18.1. The number of nitrogens with one attached hydrogen (secondary N) is 1. The molecule has 1 atom stereocenters. The molecule has 0 fully saturated rings. The van der Waals surface area contributed by atoms with Crippen LogP contribution in [-0.4, -0.2) is 11.7 Å². The van der Waals surface area contributed by atoms with E-state index >= 15 is 0 Å². The number of rotatable bonds is 8. The van der Waals surface area contributed by atoms with Crippen LogP contribution in [0.25, 0.3) is 0 Å². The summed E-state index contributed by atoms with van der Waals surface area (Å²) in [6, 6.07) is 24.0. The van der Waals surface area contributed by atoms with E-state index in [1.807, 2.05) is 54.6 Å². The zero-order valence-electron chi connectivity index (χ0n) is 14.4. The lowest BCUT2D eigenvalue weighted by atomic mass is 10.1. The Morgan fingerprint density at radius 3 is 2.38 bits per heavy atom. The first-order chi connectivity index (χ1) is 12.7. The molecular weight excluding hydrogens is 329 g/mol. The van der Waals surface area contributed by atoms with Crippen molar-refractivity contribution in [2.24, 2.45) is 0 Å². The SMILES string of the molecule is OC(CNCc1ccccc1OCc1ccccc1)c1ccccc1F. The Morgan fingerprint density at radius 2 is 1.58 bits per heavy atom. The van der Waals surface area contributed by atoms with Crippen molar-refractivity contribution in [2.45, 2.75) is 19.3 Å². The van der Waals surface area contributed by atoms with Crippen molar-refractivity contribution >= 4 is 0 Å². The molecule has 0 saturated carbocycles. The van der Waals surface area contributed by atoms with Crippen LogP contribution in [0.2, 0.25) is 0 Å². The van der Waals surface area contributed by atoms with Gasteiger partial charge < -0.3 is 15.2 Å². The summed E-state index contributed by atoms with van der Waals surface area (Å²) in [6.45, 7) is 1.28. The molecule has 0 spiro atoms. The molecule has 0 heterocycles. The summed E-state index contributed by atoms with van der Waals surface area (Å²) in [5, 5.41) is 13.3. The van der Waals surface area contributed by atoms with Crippen LogP contribution in [0.4, 0.5) is 4.39 Å². The molecule has 0 aliphatic carbocycles. The van der Waals surface area contributed by atoms with Gasteiger partial charge in [0.05, 0.1) is 6.10 Å². The summed E-state index contributed by atoms with van der Waals surface area (Å²) in [5.41, 5.74) is 2.39. The van der Waals surface area contributed by atoms with Gasteiger partial charge in [0.25, 0.3) is 0 Å². The molecule has 1 unspecified atom stereocenters. The number of halogens is 1. The van der Waals surface area contributed by atoms with Crippen LogP contribution < -0.4 is 10.1 Å². The summed E-state index contributed by atoms with van der Waals surface area (Å²) in [4.78, 5) is 0. The van der Waals surface area contributed by atoms with Crippen molar-refractivity contribution in [3.05, 3.63) is 101 Å². The molecule has 0 aliphatic rings. The number of aliphatic hydroxyl groups excluding tert-OH is 1. The lowest BCUT2D eigenvalue weighted by Gasteiger charge is -2.15. The topological polar surface area (TPSA) is 41.5 Å². The van der Waals surface area contributed by atoms with E-state index in [-0.39, 0.29) is 6.54 Å². The number of ether oxygens (including phenoxy) is 1. The Hall–Kier alpha value is -2.69. The smallest absolute Gasteiger partial charge is 0.129 e. The van der Waals surface area contributed by atoms with Gasteiger partial charge in [-0.25, -0.2) is 4.39 Å². The Morgan fingerprint density at radius 1 is 0.885 bits per heavy atom. The van der Waals surface area contributed by atoms with E-state index in [0.717, 1.165) is 16.9 Å². The summed E-state index contributed by atoms with van der Waals surface area (Å²) in [6.07, 6.45) is -0.895. The molecule has 0 bridgehead atoms. The number of hydrogen-bond donors (Lipinski definition) is 2. The second kappa shape index (κ2) is 9.13. The van der Waals surface area contributed by atoms with Crippen LogP contribution in [0.5, 0.6) is 5.75 Å². The molecule has 0 amide bonds. The van der Waals surface area contributed by atoms with Gasteiger partial charge in [0.1, 0.15) is 18.2 Å². The molecule has 3 aromatic carbocycles. The van der Waals surface area contributed by atoms with Crippen LogP contribution in [0.1, 0.15) is 22.8 Å². The minimum atomic E-state index is -0.895. The number of aliphatic hydroxyl groups is 1. The molecule has 0 aliphatic heterocycles. The van der Waals surface area contributed by atoms with Gasteiger partial charge >= 0.3 is 0 Å². The normalized spacial score (nSPS) is 11.9. The zero-order valence-corrected chi connectivity index (χ0v) is 14.4. The lowest BCUT2D eigenvalue weighted by Crippen LogP contribution is -2.22. The Kier molecular flexibility index (Phi) is 6.36. The van der Waals surface area contributed by atoms with Gasteiger partial charge in [-0.2, -0.15) is 0 Å². The summed E-state index contributed by atoms with van der Waals surface area (Å²) >= 11 is 0. The Balaban J connectivity index is 1.56. The van der Waals surface area contributed by atoms with E-state index < -0.39 is 11.9 Å². The molecule has 0 saturated heterocycles. The van der Waals surface area contributed by atoms with Crippen molar-refractivity contribution in [1.82, 2.24) is 5.32 Å². The van der Waals surface area contributed by atoms with Gasteiger partial charge in [-0.05, 0) is 17.7 Å². The highest BCUT2D eigenvalue weighted by atomic mass is 19.1.